The van der Waals surface area contributed by atoms with Crippen molar-refractivity contribution < 1.29 is 10.2 Å². The lowest BCUT2D eigenvalue weighted by Gasteiger charge is -2.44. The molecule has 0 radical (unpaired) electrons. The summed E-state index contributed by atoms with van der Waals surface area (Å²) in [5, 5.41) is 21.5. The Morgan fingerprint density at radius 3 is 2.53 bits per heavy atom. The molecule has 0 aromatic heterocycles. The van der Waals surface area contributed by atoms with Crippen LogP contribution in [-0.2, 0) is 0 Å². The van der Waals surface area contributed by atoms with Gasteiger partial charge in [-0.25, -0.2) is 0 Å². The molecule has 2 rings (SSSR count). The maximum atomic E-state index is 10.8. The van der Waals surface area contributed by atoms with E-state index in [-0.39, 0.29) is 23.2 Å². The molecule has 2 aliphatic carbocycles. The summed E-state index contributed by atoms with van der Waals surface area (Å²) in [7, 11) is 0. The van der Waals surface area contributed by atoms with Gasteiger partial charge in [0.25, 0.3) is 0 Å². The van der Waals surface area contributed by atoms with Crippen LogP contribution < -0.4 is 5.73 Å². The Hall–Kier alpha value is -0.560. The molecule has 0 spiro atoms. The first-order valence-corrected chi connectivity index (χ1v) is 7.35. The molecule has 2 saturated carbocycles. The molecule has 0 bridgehead atoms. The topological polar surface area (TPSA) is 66.5 Å². The van der Waals surface area contributed by atoms with Gasteiger partial charge in [0.2, 0.25) is 0 Å². The standard InChI is InChI=1S/C16H27NO2/c1-6-9(3)14(18)13-12-10(15(12,4)5)8-11(17)16(13,19)7-2/h2,9-14,18-19H,6,8,17H2,1,3-5H3/t9-,10-,11-,12-,13?,14-,16-/m1/s1. The molecule has 3 heteroatoms. The van der Waals surface area contributed by atoms with E-state index < -0.39 is 17.7 Å². The van der Waals surface area contributed by atoms with Crippen LogP contribution in [-0.4, -0.2) is 28.0 Å². The van der Waals surface area contributed by atoms with Crippen LogP contribution in [0.3, 0.4) is 0 Å². The Morgan fingerprint density at radius 2 is 2.05 bits per heavy atom. The summed E-state index contributed by atoms with van der Waals surface area (Å²) in [6.07, 6.45) is 6.60. The fraction of sp³-hybridized carbons (Fsp3) is 0.875. The summed E-state index contributed by atoms with van der Waals surface area (Å²) in [5.41, 5.74) is 4.87. The Labute approximate surface area is 116 Å². The molecule has 0 saturated heterocycles. The van der Waals surface area contributed by atoms with Gasteiger partial charge in [-0.3, -0.25) is 0 Å². The van der Waals surface area contributed by atoms with E-state index in [2.05, 4.69) is 19.8 Å². The van der Waals surface area contributed by atoms with Crippen molar-refractivity contribution in [3.05, 3.63) is 0 Å². The lowest BCUT2D eigenvalue weighted by atomic mass is 9.67. The smallest absolute Gasteiger partial charge is 0.145 e. The third-order valence-corrected chi connectivity index (χ3v) is 5.93. The molecule has 2 aliphatic rings. The molecule has 4 N–H and O–H groups in total. The van der Waals surface area contributed by atoms with Crippen LogP contribution in [0, 0.1) is 41.4 Å². The van der Waals surface area contributed by atoms with Gasteiger partial charge in [-0.1, -0.05) is 40.0 Å². The molecule has 0 amide bonds. The van der Waals surface area contributed by atoms with Gasteiger partial charge in [0, 0.05) is 12.0 Å². The van der Waals surface area contributed by atoms with Crippen LogP contribution in [0.1, 0.15) is 40.5 Å². The van der Waals surface area contributed by atoms with E-state index in [1.165, 1.54) is 0 Å². The van der Waals surface area contributed by atoms with Crippen LogP contribution in [0.2, 0.25) is 0 Å². The minimum absolute atomic E-state index is 0.118. The van der Waals surface area contributed by atoms with E-state index in [4.69, 9.17) is 12.2 Å². The number of hydrogen-bond donors (Lipinski definition) is 3. The van der Waals surface area contributed by atoms with Crippen molar-refractivity contribution in [3.8, 4) is 12.3 Å². The lowest BCUT2D eigenvalue weighted by Crippen LogP contribution is -2.60. The predicted octanol–water partition coefficient (Wildman–Crippen LogP) is 1.38. The summed E-state index contributed by atoms with van der Waals surface area (Å²) >= 11 is 0. The molecule has 7 atom stereocenters. The second-order valence-corrected chi connectivity index (χ2v) is 7.17. The molecule has 1 unspecified atom stereocenters. The van der Waals surface area contributed by atoms with Gasteiger partial charge < -0.3 is 15.9 Å². The molecule has 0 aliphatic heterocycles. The molecule has 108 valence electrons. The van der Waals surface area contributed by atoms with Crippen molar-refractivity contribution in [1.82, 2.24) is 0 Å². The Kier molecular flexibility index (Phi) is 3.50. The van der Waals surface area contributed by atoms with Gasteiger partial charge in [0.05, 0.1) is 6.10 Å². The average molecular weight is 265 g/mol. The fourth-order valence-electron chi connectivity index (χ4n) is 4.20. The zero-order valence-corrected chi connectivity index (χ0v) is 12.4. The van der Waals surface area contributed by atoms with Crippen LogP contribution in [0.5, 0.6) is 0 Å². The minimum atomic E-state index is -1.38. The van der Waals surface area contributed by atoms with Crippen molar-refractivity contribution in [2.24, 2.45) is 34.8 Å². The van der Waals surface area contributed by atoms with Crippen molar-refractivity contribution in [3.63, 3.8) is 0 Å². The fourth-order valence-corrected chi connectivity index (χ4v) is 4.20. The van der Waals surface area contributed by atoms with E-state index in [1.54, 1.807) is 0 Å². The SMILES string of the molecule is C#C[C@]1(O)C([C@H](O)[C@H](C)CC)[C@H]2[C@@H](C[C@H]1N)C2(C)C. The molecular formula is C16H27NO2. The quantitative estimate of drug-likeness (QED) is 0.675. The van der Waals surface area contributed by atoms with Crippen LogP contribution in [0.15, 0.2) is 0 Å². The zero-order chi connectivity index (χ0) is 14.6. The first kappa shape index (κ1) is 14.8. The highest BCUT2D eigenvalue weighted by atomic mass is 16.3. The van der Waals surface area contributed by atoms with Crippen molar-refractivity contribution in [2.75, 3.05) is 0 Å². The van der Waals surface area contributed by atoms with E-state index in [0.717, 1.165) is 12.8 Å². The summed E-state index contributed by atoms with van der Waals surface area (Å²) in [6, 6.07) is -0.441. The Balaban J connectivity index is 2.37. The van der Waals surface area contributed by atoms with E-state index in [9.17, 15) is 10.2 Å². The zero-order valence-electron chi connectivity index (χ0n) is 12.4. The maximum Gasteiger partial charge on any atom is 0.145 e. The first-order valence-electron chi connectivity index (χ1n) is 7.35. The maximum absolute atomic E-state index is 10.8. The number of aliphatic hydroxyl groups is 2. The Morgan fingerprint density at radius 1 is 1.47 bits per heavy atom. The molecular weight excluding hydrogens is 238 g/mol. The number of rotatable bonds is 3. The summed E-state index contributed by atoms with van der Waals surface area (Å²) in [6.45, 7) is 8.43. The third-order valence-electron chi connectivity index (χ3n) is 5.93. The summed E-state index contributed by atoms with van der Waals surface area (Å²) in [5.74, 6) is 3.06. The first-order chi connectivity index (χ1) is 8.71. The number of terminal acetylenes is 1. The summed E-state index contributed by atoms with van der Waals surface area (Å²) in [4.78, 5) is 0. The van der Waals surface area contributed by atoms with E-state index in [1.807, 2.05) is 13.8 Å². The highest BCUT2D eigenvalue weighted by molar-refractivity contribution is 5.28. The van der Waals surface area contributed by atoms with Crippen molar-refractivity contribution in [1.29, 1.82) is 0 Å². The second kappa shape index (κ2) is 4.48. The minimum Gasteiger partial charge on any atom is -0.392 e. The number of nitrogens with two attached hydrogens (primary N) is 1. The van der Waals surface area contributed by atoms with Crippen LogP contribution >= 0.6 is 0 Å². The predicted molar refractivity (Wildman–Crippen MR) is 76.1 cm³/mol. The third kappa shape index (κ3) is 1.93. The summed E-state index contributed by atoms with van der Waals surface area (Å²) < 4.78 is 0. The van der Waals surface area contributed by atoms with Crippen molar-refractivity contribution in [2.45, 2.75) is 58.3 Å². The second-order valence-electron chi connectivity index (χ2n) is 7.17. The van der Waals surface area contributed by atoms with Gasteiger partial charge in [-0.15, -0.1) is 6.42 Å². The molecule has 0 aromatic carbocycles. The number of aliphatic hydroxyl groups excluding tert-OH is 1. The van der Waals surface area contributed by atoms with Gasteiger partial charge in [0.15, 0.2) is 0 Å². The Bertz CT molecular complexity index is 400. The molecule has 0 heterocycles. The molecule has 2 fully saturated rings. The number of fused-ring (bicyclic) bond motifs is 1. The van der Waals surface area contributed by atoms with Gasteiger partial charge in [-0.05, 0) is 29.6 Å². The lowest BCUT2D eigenvalue weighted by molar-refractivity contribution is -0.0928. The normalized spacial score (nSPS) is 46.8. The van der Waals surface area contributed by atoms with Gasteiger partial charge >= 0.3 is 0 Å². The highest BCUT2D eigenvalue weighted by Gasteiger charge is 2.70. The van der Waals surface area contributed by atoms with E-state index in [0.29, 0.717) is 5.92 Å². The van der Waals surface area contributed by atoms with Crippen molar-refractivity contribution >= 4 is 0 Å². The molecule has 19 heavy (non-hydrogen) atoms. The highest BCUT2D eigenvalue weighted by Crippen LogP contribution is 2.69. The molecule has 0 aromatic rings. The average Bonchev–Trinajstić information content (AvgIpc) is 2.90. The number of hydrogen-bond acceptors (Lipinski definition) is 3. The van der Waals surface area contributed by atoms with Gasteiger partial charge in [-0.2, -0.15) is 0 Å². The van der Waals surface area contributed by atoms with Crippen LogP contribution in [0.25, 0.3) is 0 Å². The van der Waals surface area contributed by atoms with E-state index >= 15 is 0 Å². The van der Waals surface area contributed by atoms with Gasteiger partial charge in [0.1, 0.15) is 5.60 Å². The monoisotopic (exact) mass is 265 g/mol. The largest absolute Gasteiger partial charge is 0.392 e. The van der Waals surface area contributed by atoms with Crippen LogP contribution in [0.4, 0.5) is 0 Å². The molecule has 3 nitrogen and oxygen atoms in total.